The summed E-state index contributed by atoms with van der Waals surface area (Å²) in [6, 6.07) is 10.6. The number of hydroxylamine groups is 2. The number of piperazine rings is 1. The largest absolute Gasteiger partial charge is 0.601 e. The van der Waals surface area contributed by atoms with Gasteiger partial charge in [0.1, 0.15) is 11.8 Å². The lowest BCUT2D eigenvalue weighted by atomic mass is 10.1. The molecule has 184 valence electrons. The summed E-state index contributed by atoms with van der Waals surface area (Å²) in [5.74, 6) is 1.21. The number of ether oxygens (including phenoxy) is 1. The Labute approximate surface area is 204 Å². The van der Waals surface area contributed by atoms with Gasteiger partial charge in [-0.1, -0.05) is 6.07 Å². The topological polar surface area (TPSA) is 93.1 Å². The quantitative estimate of drug-likeness (QED) is 0.219. The average Bonchev–Trinajstić information content (AvgIpc) is 3.58. The first-order valence-electron chi connectivity index (χ1n) is 12.0. The summed E-state index contributed by atoms with van der Waals surface area (Å²) in [7, 11) is 0. The molecule has 1 aliphatic heterocycles. The molecule has 2 unspecified atom stereocenters. The van der Waals surface area contributed by atoms with Gasteiger partial charge in [0.2, 0.25) is 0 Å². The van der Waals surface area contributed by atoms with E-state index >= 15 is 0 Å². The van der Waals surface area contributed by atoms with Gasteiger partial charge in [0, 0.05) is 42.4 Å². The molecule has 1 aromatic carbocycles. The van der Waals surface area contributed by atoms with Gasteiger partial charge in [0.05, 0.1) is 19.7 Å². The lowest BCUT2D eigenvalue weighted by Gasteiger charge is -2.50. The number of Topliss-reactive ketones (excluding diaryl/α,β-unsaturated/α-hetero) is 1. The molecule has 1 aliphatic carbocycles. The highest BCUT2D eigenvalue weighted by atomic mass is 32.1. The number of rotatable bonds is 11. The van der Waals surface area contributed by atoms with Gasteiger partial charge in [0.15, 0.2) is 5.78 Å². The maximum Gasteiger partial charge on any atom is 0.534 e. The normalized spacial score (nSPS) is 19.9. The molecule has 8 nitrogen and oxygen atoms in total. The van der Waals surface area contributed by atoms with Gasteiger partial charge in [-0.05, 0) is 61.9 Å². The van der Waals surface area contributed by atoms with Gasteiger partial charge < -0.3 is 20.0 Å². The van der Waals surface area contributed by atoms with E-state index in [2.05, 4.69) is 4.90 Å². The number of quaternary nitrogens is 1. The number of amides is 1. The Bertz CT molecular complexity index is 955. The van der Waals surface area contributed by atoms with Crippen molar-refractivity contribution in [2.24, 2.45) is 5.92 Å². The van der Waals surface area contributed by atoms with Crippen LogP contribution >= 0.6 is 11.3 Å². The van der Waals surface area contributed by atoms with Gasteiger partial charge in [0.25, 0.3) is 0 Å². The molecule has 1 saturated carbocycles. The standard InChI is InChI=1S/C25H33N3O5S/c1-19(18-23-4-2-17-34-23)28(32,25(30)31)27-14-12-26(13-15-27)11-3-16-33-22-9-7-21(8-10-22)24(29)20-5-6-20/h2,4,7-10,17,19-20H,3,5-6,11-16,18H2,1H3,(H,30,31). The molecular formula is C25H33N3O5S. The molecule has 34 heavy (non-hydrogen) atoms. The molecule has 0 radical (unpaired) electrons. The Morgan fingerprint density at radius 3 is 2.47 bits per heavy atom. The molecule has 2 aromatic rings. The fourth-order valence-corrected chi connectivity index (χ4v) is 5.29. The van der Waals surface area contributed by atoms with Crippen molar-refractivity contribution in [3.63, 3.8) is 0 Å². The summed E-state index contributed by atoms with van der Waals surface area (Å²) in [5, 5.41) is 26.7. The van der Waals surface area contributed by atoms with Crippen molar-refractivity contribution in [3.8, 4) is 5.75 Å². The Balaban J connectivity index is 1.19. The minimum atomic E-state index is -1.35. The number of hydrogen-bond acceptors (Lipinski definition) is 7. The zero-order valence-corrected chi connectivity index (χ0v) is 20.4. The number of thiophene rings is 1. The highest BCUT2D eigenvalue weighted by Crippen LogP contribution is 2.33. The van der Waals surface area contributed by atoms with Crippen LogP contribution in [0.1, 0.15) is 41.4 Å². The second-order valence-electron chi connectivity index (χ2n) is 9.20. The molecule has 1 saturated heterocycles. The van der Waals surface area contributed by atoms with E-state index in [0.29, 0.717) is 39.2 Å². The van der Waals surface area contributed by atoms with Gasteiger partial charge in [-0.25, -0.2) is 0 Å². The molecule has 0 spiro atoms. The molecule has 1 aromatic heterocycles. The molecule has 2 aliphatic rings. The van der Waals surface area contributed by atoms with E-state index in [4.69, 9.17) is 4.74 Å². The number of carboxylic acid groups (broad SMARTS) is 1. The number of hydrogen-bond donors (Lipinski definition) is 1. The molecule has 1 N–H and O–H groups in total. The second-order valence-corrected chi connectivity index (χ2v) is 10.2. The zero-order valence-electron chi connectivity index (χ0n) is 19.6. The molecule has 0 bridgehead atoms. The minimum absolute atomic E-state index is 0.220. The molecule has 4 rings (SSSR count). The van der Waals surface area contributed by atoms with Crippen LogP contribution < -0.4 is 4.74 Å². The van der Waals surface area contributed by atoms with Crippen molar-refractivity contribution in [1.29, 1.82) is 0 Å². The van der Waals surface area contributed by atoms with Crippen LogP contribution in [0.25, 0.3) is 0 Å². The second kappa shape index (κ2) is 11.0. The van der Waals surface area contributed by atoms with Crippen molar-refractivity contribution >= 4 is 23.2 Å². The van der Waals surface area contributed by atoms with Crippen LogP contribution in [0.3, 0.4) is 0 Å². The maximum absolute atomic E-state index is 13.4. The zero-order chi connectivity index (χ0) is 24.1. The molecule has 2 heterocycles. The summed E-state index contributed by atoms with van der Waals surface area (Å²) >= 11 is 1.55. The minimum Gasteiger partial charge on any atom is -0.601 e. The highest BCUT2D eigenvalue weighted by Gasteiger charge is 2.42. The maximum atomic E-state index is 13.4. The van der Waals surface area contributed by atoms with E-state index in [9.17, 15) is 19.9 Å². The molecule has 9 heteroatoms. The van der Waals surface area contributed by atoms with Crippen LogP contribution in [0, 0.1) is 11.1 Å². The first-order chi connectivity index (χ1) is 16.4. The summed E-state index contributed by atoms with van der Waals surface area (Å²) < 4.78 is 4.49. The fourth-order valence-electron chi connectivity index (χ4n) is 4.46. The lowest BCUT2D eigenvalue weighted by Crippen LogP contribution is -2.68. The Kier molecular flexibility index (Phi) is 8.00. The number of benzene rings is 1. The highest BCUT2D eigenvalue weighted by molar-refractivity contribution is 7.09. The van der Waals surface area contributed by atoms with Gasteiger partial charge in [-0.3, -0.25) is 4.79 Å². The van der Waals surface area contributed by atoms with Crippen molar-refractivity contribution in [1.82, 2.24) is 9.91 Å². The van der Waals surface area contributed by atoms with Crippen LogP contribution in [0.4, 0.5) is 4.79 Å². The summed E-state index contributed by atoms with van der Waals surface area (Å²) in [4.78, 5) is 27.3. The van der Waals surface area contributed by atoms with E-state index in [-0.39, 0.29) is 11.7 Å². The number of nitrogens with zero attached hydrogens (tertiary/aromatic N) is 3. The van der Waals surface area contributed by atoms with Crippen LogP contribution in [-0.2, 0) is 6.42 Å². The van der Waals surface area contributed by atoms with E-state index in [1.165, 1.54) is 5.01 Å². The van der Waals surface area contributed by atoms with Crippen LogP contribution in [0.2, 0.25) is 0 Å². The van der Waals surface area contributed by atoms with Crippen molar-refractivity contribution in [2.45, 2.75) is 38.6 Å². The number of carbonyl (C=O) groups is 2. The fraction of sp³-hybridized carbons (Fsp3) is 0.520. The predicted molar refractivity (Wildman–Crippen MR) is 131 cm³/mol. The van der Waals surface area contributed by atoms with E-state index < -0.39 is 16.9 Å². The Morgan fingerprint density at radius 2 is 1.88 bits per heavy atom. The SMILES string of the molecule is CC(Cc1cccs1)[N+]([O-])(C(=O)O)N1CCN(CCCOc2ccc(C(=O)C3CC3)cc2)CC1. The summed E-state index contributed by atoms with van der Waals surface area (Å²) in [6.45, 7) is 5.24. The van der Waals surface area contributed by atoms with Crippen LogP contribution in [-0.4, -0.2) is 77.0 Å². The van der Waals surface area contributed by atoms with Gasteiger partial charge >= 0.3 is 6.09 Å². The first-order valence-corrected chi connectivity index (χ1v) is 12.9. The Morgan fingerprint density at radius 1 is 1.18 bits per heavy atom. The molecule has 2 atom stereocenters. The number of carbonyl (C=O) groups excluding carboxylic acids is 1. The third-order valence-corrected chi connectivity index (χ3v) is 7.59. The van der Waals surface area contributed by atoms with Gasteiger partial charge in [-0.15, -0.1) is 16.3 Å². The van der Waals surface area contributed by atoms with E-state index in [1.54, 1.807) is 18.3 Å². The van der Waals surface area contributed by atoms with Crippen molar-refractivity contribution in [2.75, 3.05) is 39.3 Å². The average molecular weight is 488 g/mol. The van der Waals surface area contributed by atoms with Crippen LogP contribution in [0.15, 0.2) is 41.8 Å². The smallest absolute Gasteiger partial charge is 0.534 e. The predicted octanol–water partition coefficient (Wildman–Crippen LogP) is 4.27. The number of ketones is 1. The monoisotopic (exact) mass is 487 g/mol. The van der Waals surface area contributed by atoms with Crippen LogP contribution in [0.5, 0.6) is 5.75 Å². The van der Waals surface area contributed by atoms with Crippen molar-refractivity contribution < 1.29 is 24.2 Å². The molecule has 2 fully saturated rings. The summed E-state index contributed by atoms with van der Waals surface area (Å²) in [6.07, 6.45) is 1.93. The van der Waals surface area contributed by atoms with Gasteiger partial charge in [-0.2, -0.15) is 9.55 Å². The van der Waals surface area contributed by atoms with E-state index in [0.717, 1.165) is 42.0 Å². The molecule has 1 amide bonds. The first kappa shape index (κ1) is 24.8. The molecular weight excluding hydrogens is 454 g/mol. The third kappa shape index (κ3) is 5.84. The van der Waals surface area contributed by atoms with E-state index in [1.807, 2.05) is 41.8 Å². The summed E-state index contributed by atoms with van der Waals surface area (Å²) in [5.41, 5.74) is 0.756. The van der Waals surface area contributed by atoms with Crippen molar-refractivity contribution in [3.05, 3.63) is 57.4 Å². The lowest BCUT2D eigenvalue weighted by molar-refractivity contribution is -0.950. The third-order valence-electron chi connectivity index (χ3n) is 6.69. The Hall–Kier alpha value is -2.30.